The number of aliphatic hydroxyl groups excluding tert-OH is 2. The van der Waals surface area contributed by atoms with Gasteiger partial charge in [0.15, 0.2) is 12.4 Å². The van der Waals surface area contributed by atoms with Crippen LogP contribution in [0.2, 0.25) is 0 Å². The summed E-state index contributed by atoms with van der Waals surface area (Å²) in [7, 11) is 0. The van der Waals surface area contributed by atoms with Crippen molar-refractivity contribution in [3.63, 3.8) is 0 Å². The number of hydrogen-bond donors (Lipinski definition) is 3. The normalized spacial score (nSPS) is 41.2. The third kappa shape index (κ3) is 4.07. The summed E-state index contributed by atoms with van der Waals surface area (Å²) in [5, 5.41) is 31.9. The predicted octanol–water partition coefficient (Wildman–Crippen LogP) is 2.89. The fraction of sp³-hybridized carbons (Fsp3) is 0.815. The van der Waals surface area contributed by atoms with Crippen LogP contribution in [0.4, 0.5) is 0 Å². The van der Waals surface area contributed by atoms with Crippen LogP contribution in [0.15, 0.2) is 11.6 Å². The number of unbranched alkanes of at least 4 members (excludes halogenated alkanes) is 2. The van der Waals surface area contributed by atoms with Gasteiger partial charge in [-0.25, -0.2) is 0 Å². The molecule has 7 nitrogen and oxygen atoms in total. The number of ketones is 2. The van der Waals surface area contributed by atoms with E-state index in [9.17, 15) is 24.6 Å². The number of hydrogen-bond acceptors (Lipinski definition) is 7. The number of esters is 1. The zero-order chi connectivity index (χ0) is 24.7. The van der Waals surface area contributed by atoms with E-state index >= 15 is 0 Å². The number of rotatable bonds is 8. The van der Waals surface area contributed by atoms with E-state index in [1.54, 1.807) is 6.08 Å². The molecule has 0 aromatic rings. The minimum Gasteiger partial charge on any atom is -0.458 e. The molecule has 190 valence electrons. The van der Waals surface area contributed by atoms with Crippen LogP contribution < -0.4 is 0 Å². The SMILES string of the molecule is CC12CCC(=O)C=C1CCC1C2C(O)CC2(C)C1CCC2(O)C(=O)COC(=O)CCCCCO. The van der Waals surface area contributed by atoms with Gasteiger partial charge in [-0.2, -0.15) is 0 Å². The van der Waals surface area contributed by atoms with E-state index in [1.807, 2.05) is 6.92 Å². The Morgan fingerprint density at radius 3 is 2.62 bits per heavy atom. The molecule has 4 rings (SSSR count). The zero-order valence-electron chi connectivity index (χ0n) is 20.6. The highest BCUT2D eigenvalue weighted by molar-refractivity contribution is 5.92. The first kappa shape index (κ1) is 25.5. The lowest BCUT2D eigenvalue weighted by Crippen LogP contribution is -2.62. The first-order chi connectivity index (χ1) is 16.1. The Hall–Kier alpha value is -1.57. The van der Waals surface area contributed by atoms with Crippen molar-refractivity contribution >= 4 is 17.5 Å². The van der Waals surface area contributed by atoms with E-state index in [4.69, 9.17) is 9.84 Å². The van der Waals surface area contributed by atoms with Gasteiger partial charge in [-0.15, -0.1) is 0 Å². The fourth-order valence-electron chi connectivity index (χ4n) is 8.05. The van der Waals surface area contributed by atoms with Crippen molar-refractivity contribution in [2.75, 3.05) is 13.2 Å². The molecule has 4 aliphatic rings. The van der Waals surface area contributed by atoms with E-state index in [1.165, 1.54) is 0 Å². The average Bonchev–Trinajstić information content (AvgIpc) is 3.06. The van der Waals surface area contributed by atoms with Crippen molar-refractivity contribution < 1.29 is 34.4 Å². The molecule has 0 saturated heterocycles. The number of fused-ring (bicyclic) bond motifs is 5. The molecule has 3 N–H and O–H groups in total. The molecule has 0 aliphatic heterocycles. The molecule has 4 aliphatic carbocycles. The van der Waals surface area contributed by atoms with Gasteiger partial charge in [0.05, 0.1) is 6.10 Å². The van der Waals surface area contributed by atoms with Gasteiger partial charge in [-0.05, 0) is 80.6 Å². The van der Waals surface area contributed by atoms with Gasteiger partial charge < -0.3 is 20.1 Å². The monoisotopic (exact) mass is 476 g/mol. The maximum atomic E-state index is 13.2. The van der Waals surface area contributed by atoms with Crippen molar-refractivity contribution in [2.45, 2.75) is 96.2 Å². The lowest BCUT2D eigenvalue weighted by atomic mass is 9.45. The van der Waals surface area contributed by atoms with Crippen LogP contribution in [0, 0.1) is 28.6 Å². The quantitative estimate of drug-likeness (QED) is 0.364. The van der Waals surface area contributed by atoms with Crippen LogP contribution in [0.5, 0.6) is 0 Å². The van der Waals surface area contributed by atoms with Crippen LogP contribution in [-0.2, 0) is 19.1 Å². The summed E-state index contributed by atoms with van der Waals surface area (Å²) >= 11 is 0. The zero-order valence-corrected chi connectivity index (χ0v) is 20.6. The largest absolute Gasteiger partial charge is 0.458 e. The number of carbonyl (C=O) groups is 3. The molecule has 0 amide bonds. The molecule has 0 heterocycles. The van der Waals surface area contributed by atoms with Gasteiger partial charge in [0.25, 0.3) is 0 Å². The molecule has 0 aromatic heterocycles. The summed E-state index contributed by atoms with van der Waals surface area (Å²) < 4.78 is 5.20. The Bertz CT molecular complexity index is 865. The molecule has 7 atom stereocenters. The summed E-state index contributed by atoms with van der Waals surface area (Å²) in [4.78, 5) is 37.3. The van der Waals surface area contributed by atoms with E-state index in [2.05, 4.69) is 6.92 Å². The molecule has 3 saturated carbocycles. The standard InChI is InChI=1S/C27H40O7/c1-25-11-9-18(29)14-17(25)7-8-19-20-10-12-27(33,26(20,2)15-21(30)24(19)25)22(31)16-34-23(32)6-4-3-5-13-28/h14,19-21,24,28,30,33H,3-13,15-16H2,1-2H3. The van der Waals surface area contributed by atoms with Gasteiger partial charge in [0, 0.05) is 24.9 Å². The third-order valence-electron chi connectivity index (χ3n) is 9.91. The van der Waals surface area contributed by atoms with Gasteiger partial charge in [-0.1, -0.05) is 25.8 Å². The predicted molar refractivity (Wildman–Crippen MR) is 125 cm³/mol. The molecular weight excluding hydrogens is 436 g/mol. The molecule has 3 fully saturated rings. The second-order valence-corrected chi connectivity index (χ2v) is 11.6. The molecule has 34 heavy (non-hydrogen) atoms. The van der Waals surface area contributed by atoms with E-state index < -0.39 is 35.5 Å². The lowest BCUT2D eigenvalue weighted by molar-refractivity contribution is -0.184. The second kappa shape index (κ2) is 9.47. The second-order valence-electron chi connectivity index (χ2n) is 11.6. The van der Waals surface area contributed by atoms with Crippen LogP contribution in [0.25, 0.3) is 0 Å². The topological polar surface area (TPSA) is 121 Å². The highest BCUT2D eigenvalue weighted by Crippen LogP contribution is 2.67. The Morgan fingerprint density at radius 2 is 1.88 bits per heavy atom. The number of Topliss-reactive ketones (excluding diaryl/α,β-unsaturated/α-hetero) is 1. The molecule has 0 spiro atoms. The molecule has 7 unspecified atom stereocenters. The van der Waals surface area contributed by atoms with Crippen molar-refractivity contribution in [1.82, 2.24) is 0 Å². The number of carbonyl (C=O) groups excluding carboxylic acids is 3. The molecule has 7 heteroatoms. The maximum absolute atomic E-state index is 13.2. The summed E-state index contributed by atoms with van der Waals surface area (Å²) in [5.41, 5.74) is -1.46. The summed E-state index contributed by atoms with van der Waals surface area (Å²) in [5.74, 6) is -0.472. The van der Waals surface area contributed by atoms with Gasteiger partial charge >= 0.3 is 5.97 Å². The minimum atomic E-state index is -1.62. The van der Waals surface area contributed by atoms with Crippen molar-refractivity contribution in [1.29, 1.82) is 0 Å². The highest BCUT2D eigenvalue weighted by atomic mass is 16.5. The first-order valence-electron chi connectivity index (χ1n) is 13.0. The van der Waals surface area contributed by atoms with Gasteiger partial charge in [-0.3, -0.25) is 14.4 Å². The average molecular weight is 477 g/mol. The van der Waals surface area contributed by atoms with Crippen LogP contribution in [0.1, 0.15) is 84.5 Å². The molecule has 0 radical (unpaired) electrons. The van der Waals surface area contributed by atoms with E-state index in [0.717, 1.165) is 24.8 Å². The van der Waals surface area contributed by atoms with Gasteiger partial charge in [0.2, 0.25) is 5.78 Å². The van der Waals surface area contributed by atoms with Crippen molar-refractivity contribution in [3.05, 3.63) is 11.6 Å². The first-order valence-corrected chi connectivity index (χ1v) is 13.0. The van der Waals surface area contributed by atoms with Gasteiger partial charge in [0.1, 0.15) is 5.60 Å². The maximum Gasteiger partial charge on any atom is 0.306 e. The lowest BCUT2D eigenvalue weighted by Gasteiger charge is -2.60. The van der Waals surface area contributed by atoms with Crippen LogP contribution in [-0.4, -0.2) is 57.8 Å². The Kier molecular flexibility index (Phi) is 7.11. The van der Waals surface area contributed by atoms with Crippen molar-refractivity contribution in [2.24, 2.45) is 28.6 Å². The molecule has 0 aromatic carbocycles. The molecular formula is C27H40O7. The third-order valence-corrected chi connectivity index (χ3v) is 9.91. The van der Waals surface area contributed by atoms with E-state index in [0.29, 0.717) is 44.9 Å². The summed E-state index contributed by atoms with van der Waals surface area (Å²) in [6.45, 7) is 3.74. The smallest absolute Gasteiger partial charge is 0.306 e. The Balaban J connectivity index is 1.47. The summed E-state index contributed by atoms with van der Waals surface area (Å²) in [6, 6.07) is 0. The number of allylic oxidation sites excluding steroid dienone is 1. The Labute approximate surface area is 201 Å². The van der Waals surface area contributed by atoms with Crippen LogP contribution >= 0.6 is 0 Å². The summed E-state index contributed by atoms with van der Waals surface area (Å²) in [6.07, 6.45) is 7.52. The number of ether oxygens (including phenoxy) is 1. The van der Waals surface area contributed by atoms with Crippen molar-refractivity contribution in [3.8, 4) is 0 Å². The Morgan fingerprint density at radius 1 is 1.12 bits per heavy atom. The minimum absolute atomic E-state index is 0.0212. The van der Waals surface area contributed by atoms with Crippen LogP contribution in [0.3, 0.4) is 0 Å². The fourth-order valence-corrected chi connectivity index (χ4v) is 8.05. The molecule has 0 bridgehead atoms. The number of aliphatic hydroxyl groups is 3. The highest BCUT2D eigenvalue weighted by Gasteiger charge is 2.68. The van der Waals surface area contributed by atoms with E-state index in [-0.39, 0.29) is 42.0 Å².